The number of fused-ring (bicyclic) bond motifs is 1. The van der Waals surface area contributed by atoms with Gasteiger partial charge in [-0.3, -0.25) is 11.3 Å². The number of hydrogen-bond acceptors (Lipinski definition) is 2. The summed E-state index contributed by atoms with van der Waals surface area (Å²) in [6.45, 7) is 6.75. The van der Waals surface area contributed by atoms with Gasteiger partial charge in [0.2, 0.25) is 0 Å². The maximum absolute atomic E-state index is 5.78. The molecule has 0 aliphatic carbocycles. The van der Waals surface area contributed by atoms with E-state index in [9.17, 15) is 0 Å². The molecule has 0 saturated carbocycles. The summed E-state index contributed by atoms with van der Waals surface area (Å²) in [7, 11) is 0. The number of nitrogens with two attached hydrogens (primary N) is 1. The van der Waals surface area contributed by atoms with E-state index in [0.717, 1.165) is 12.8 Å². The fraction of sp³-hybridized carbons (Fsp3) is 0.412. The van der Waals surface area contributed by atoms with Gasteiger partial charge in [0.1, 0.15) is 0 Å². The molecule has 0 aliphatic heterocycles. The van der Waals surface area contributed by atoms with Gasteiger partial charge in [-0.2, -0.15) is 0 Å². The van der Waals surface area contributed by atoms with Crippen molar-refractivity contribution in [2.45, 2.75) is 39.7 Å². The summed E-state index contributed by atoms with van der Waals surface area (Å²) in [5.74, 6) is 5.78. The van der Waals surface area contributed by atoms with Gasteiger partial charge in [0.05, 0.1) is 0 Å². The van der Waals surface area contributed by atoms with Gasteiger partial charge in [-0.1, -0.05) is 63.2 Å². The predicted octanol–water partition coefficient (Wildman–Crippen LogP) is 3.65. The number of rotatable bonds is 5. The number of hydrazine groups is 1. The van der Waals surface area contributed by atoms with Crippen molar-refractivity contribution in [1.29, 1.82) is 0 Å². The first-order chi connectivity index (χ1) is 9.08. The average molecular weight is 256 g/mol. The topological polar surface area (TPSA) is 38.0 Å². The van der Waals surface area contributed by atoms with Crippen LogP contribution in [0, 0.1) is 5.41 Å². The molecule has 0 saturated heterocycles. The Hall–Kier alpha value is -1.38. The van der Waals surface area contributed by atoms with E-state index in [2.05, 4.69) is 68.7 Å². The maximum atomic E-state index is 5.78. The normalized spacial score (nSPS) is 13.7. The third-order valence-electron chi connectivity index (χ3n) is 4.36. The molecule has 2 nitrogen and oxygen atoms in total. The molecule has 0 aliphatic rings. The Kier molecular flexibility index (Phi) is 4.23. The van der Waals surface area contributed by atoms with Gasteiger partial charge in [0.25, 0.3) is 0 Å². The summed E-state index contributed by atoms with van der Waals surface area (Å²) in [6.07, 6.45) is 2.06. The lowest BCUT2D eigenvalue weighted by Crippen LogP contribution is -2.46. The minimum atomic E-state index is 0.186. The molecule has 2 rings (SSSR count). The van der Waals surface area contributed by atoms with E-state index >= 15 is 0 Å². The van der Waals surface area contributed by atoms with Gasteiger partial charge in [-0.05, 0) is 34.6 Å². The van der Waals surface area contributed by atoms with Crippen molar-refractivity contribution in [1.82, 2.24) is 5.43 Å². The largest absolute Gasteiger partial charge is 0.271 e. The van der Waals surface area contributed by atoms with Crippen molar-refractivity contribution in [3.05, 3.63) is 48.0 Å². The number of nitrogens with one attached hydrogen (secondary N) is 1. The van der Waals surface area contributed by atoms with Crippen LogP contribution in [0.4, 0.5) is 0 Å². The third kappa shape index (κ3) is 2.96. The molecule has 102 valence electrons. The Balaban J connectivity index is 2.35. The lowest BCUT2D eigenvalue weighted by atomic mass is 9.79. The van der Waals surface area contributed by atoms with Crippen molar-refractivity contribution in [2.75, 3.05) is 0 Å². The van der Waals surface area contributed by atoms with Crippen molar-refractivity contribution in [3.8, 4) is 0 Å². The minimum absolute atomic E-state index is 0.186. The highest BCUT2D eigenvalue weighted by molar-refractivity contribution is 5.85. The summed E-state index contributed by atoms with van der Waals surface area (Å²) < 4.78 is 0. The first kappa shape index (κ1) is 14.0. The van der Waals surface area contributed by atoms with E-state index in [1.165, 1.54) is 16.3 Å². The van der Waals surface area contributed by atoms with E-state index in [-0.39, 0.29) is 11.5 Å². The van der Waals surface area contributed by atoms with Crippen LogP contribution >= 0.6 is 0 Å². The second-order valence-corrected chi connectivity index (χ2v) is 5.90. The van der Waals surface area contributed by atoms with E-state index in [1.807, 2.05) is 0 Å². The van der Waals surface area contributed by atoms with Crippen LogP contribution in [0.15, 0.2) is 42.5 Å². The van der Waals surface area contributed by atoms with Crippen LogP contribution in [0.3, 0.4) is 0 Å². The Labute approximate surface area is 116 Å². The van der Waals surface area contributed by atoms with Crippen molar-refractivity contribution in [2.24, 2.45) is 11.3 Å². The van der Waals surface area contributed by atoms with Crippen molar-refractivity contribution < 1.29 is 0 Å². The zero-order valence-electron chi connectivity index (χ0n) is 12.1. The number of benzene rings is 2. The van der Waals surface area contributed by atoms with E-state index < -0.39 is 0 Å². The van der Waals surface area contributed by atoms with Gasteiger partial charge in [-0.15, -0.1) is 0 Å². The molecular weight excluding hydrogens is 232 g/mol. The Morgan fingerprint density at radius 3 is 2.47 bits per heavy atom. The van der Waals surface area contributed by atoms with Gasteiger partial charge < -0.3 is 0 Å². The molecule has 0 amide bonds. The summed E-state index contributed by atoms with van der Waals surface area (Å²) in [5.41, 5.74) is 4.56. The molecule has 0 fully saturated rings. The molecule has 19 heavy (non-hydrogen) atoms. The molecule has 1 unspecified atom stereocenters. The Bertz CT molecular complexity index is 540. The minimum Gasteiger partial charge on any atom is -0.271 e. The fourth-order valence-electron chi connectivity index (χ4n) is 2.50. The van der Waals surface area contributed by atoms with Crippen LogP contribution in [0.25, 0.3) is 10.8 Å². The predicted molar refractivity (Wildman–Crippen MR) is 82.8 cm³/mol. The molecule has 3 N–H and O–H groups in total. The van der Waals surface area contributed by atoms with Gasteiger partial charge in [-0.25, -0.2) is 0 Å². The number of hydrogen-bond donors (Lipinski definition) is 2. The van der Waals surface area contributed by atoms with Crippen LogP contribution in [0.2, 0.25) is 0 Å². The molecule has 0 radical (unpaired) electrons. The SMILES string of the molecule is CCC(C)(C)C(Cc1cccc2ccccc12)NN. The van der Waals surface area contributed by atoms with Crippen molar-refractivity contribution >= 4 is 10.8 Å². The van der Waals surface area contributed by atoms with E-state index in [1.54, 1.807) is 0 Å². The fourth-order valence-corrected chi connectivity index (χ4v) is 2.50. The lowest BCUT2D eigenvalue weighted by molar-refractivity contribution is 0.232. The van der Waals surface area contributed by atoms with Gasteiger partial charge in [0, 0.05) is 6.04 Å². The highest BCUT2D eigenvalue weighted by atomic mass is 15.2. The van der Waals surface area contributed by atoms with Crippen LogP contribution in [0.5, 0.6) is 0 Å². The van der Waals surface area contributed by atoms with Crippen LogP contribution in [0.1, 0.15) is 32.8 Å². The molecule has 0 heterocycles. The monoisotopic (exact) mass is 256 g/mol. The summed E-state index contributed by atoms with van der Waals surface area (Å²) in [5, 5.41) is 2.63. The zero-order valence-corrected chi connectivity index (χ0v) is 12.1. The molecule has 1 atom stereocenters. The highest BCUT2D eigenvalue weighted by Gasteiger charge is 2.27. The molecule has 2 aromatic rings. The zero-order chi connectivity index (χ0) is 13.9. The smallest absolute Gasteiger partial charge is 0.0302 e. The van der Waals surface area contributed by atoms with Crippen LogP contribution < -0.4 is 11.3 Å². The summed E-state index contributed by atoms with van der Waals surface area (Å²) in [4.78, 5) is 0. The molecular formula is C17H24N2. The second kappa shape index (κ2) is 5.72. The Morgan fingerprint density at radius 1 is 1.11 bits per heavy atom. The average Bonchev–Trinajstić information content (AvgIpc) is 2.44. The quantitative estimate of drug-likeness (QED) is 0.633. The maximum Gasteiger partial charge on any atom is 0.0302 e. The molecule has 0 spiro atoms. The molecule has 0 bridgehead atoms. The first-order valence-electron chi connectivity index (χ1n) is 7.01. The van der Waals surface area contributed by atoms with E-state index in [0.29, 0.717) is 0 Å². The summed E-state index contributed by atoms with van der Waals surface area (Å²) in [6, 6.07) is 15.3. The lowest BCUT2D eigenvalue weighted by Gasteiger charge is -2.33. The van der Waals surface area contributed by atoms with Crippen LogP contribution in [-0.4, -0.2) is 6.04 Å². The molecule has 2 heteroatoms. The van der Waals surface area contributed by atoms with Gasteiger partial charge >= 0.3 is 0 Å². The van der Waals surface area contributed by atoms with Crippen LogP contribution in [-0.2, 0) is 6.42 Å². The van der Waals surface area contributed by atoms with Crippen molar-refractivity contribution in [3.63, 3.8) is 0 Å². The van der Waals surface area contributed by atoms with E-state index in [4.69, 9.17) is 5.84 Å². The third-order valence-corrected chi connectivity index (χ3v) is 4.36. The highest BCUT2D eigenvalue weighted by Crippen LogP contribution is 2.29. The standard InChI is InChI=1S/C17H24N2/c1-4-17(2,3)16(19-18)12-14-10-7-9-13-8-5-6-11-15(13)14/h5-11,16,19H,4,12,18H2,1-3H3. The Morgan fingerprint density at radius 2 is 1.79 bits per heavy atom. The van der Waals surface area contributed by atoms with Gasteiger partial charge in [0.15, 0.2) is 0 Å². The second-order valence-electron chi connectivity index (χ2n) is 5.90. The molecule has 2 aromatic carbocycles. The summed E-state index contributed by atoms with van der Waals surface area (Å²) >= 11 is 0. The molecule has 0 aromatic heterocycles. The first-order valence-corrected chi connectivity index (χ1v) is 7.01.